The van der Waals surface area contributed by atoms with Gasteiger partial charge in [-0.1, -0.05) is 0 Å². The van der Waals surface area contributed by atoms with Gasteiger partial charge < -0.3 is 14.8 Å². The highest BCUT2D eigenvalue weighted by Gasteiger charge is 2.21. The second-order valence-electron chi connectivity index (χ2n) is 5.23. The predicted octanol–water partition coefficient (Wildman–Crippen LogP) is 2.41. The van der Waals surface area contributed by atoms with Gasteiger partial charge in [0.05, 0.1) is 6.10 Å². The van der Waals surface area contributed by atoms with Gasteiger partial charge in [0.25, 0.3) is 0 Å². The van der Waals surface area contributed by atoms with Crippen LogP contribution < -0.4 is 10.1 Å². The summed E-state index contributed by atoms with van der Waals surface area (Å²) in [5.74, 6) is -0.222. The second-order valence-corrected chi connectivity index (χ2v) is 5.23. The smallest absolute Gasteiger partial charge is 0.344 e. The molecule has 1 aromatic rings. The van der Waals surface area contributed by atoms with Crippen LogP contribution in [0.2, 0.25) is 0 Å². The first kappa shape index (κ1) is 14.8. The SMILES string of the molecule is CC(C)OC(=O)COc1ccc(F)cc1CNC1CC1. The van der Waals surface area contributed by atoms with Gasteiger partial charge in [0.15, 0.2) is 6.61 Å². The van der Waals surface area contributed by atoms with Gasteiger partial charge in [0.1, 0.15) is 11.6 Å². The number of benzene rings is 1. The minimum Gasteiger partial charge on any atom is -0.482 e. The molecule has 0 bridgehead atoms. The number of nitrogens with one attached hydrogen (secondary N) is 1. The molecule has 1 aromatic carbocycles. The van der Waals surface area contributed by atoms with E-state index in [1.54, 1.807) is 19.9 Å². The molecule has 1 aliphatic rings. The van der Waals surface area contributed by atoms with Crippen LogP contribution in [-0.2, 0) is 16.1 Å². The molecule has 0 aliphatic heterocycles. The van der Waals surface area contributed by atoms with Crippen molar-refractivity contribution in [1.29, 1.82) is 0 Å². The predicted molar refractivity (Wildman–Crippen MR) is 73.0 cm³/mol. The summed E-state index contributed by atoms with van der Waals surface area (Å²) < 4.78 is 23.7. The third-order valence-electron chi connectivity index (χ3n) is 2.89. The first-order valence-electron chi connectivity index (χ1n) is 6.88. The summed E-state index contributed by atoms with van der Waals surface area (Å²) in [6.45, 7) is 3.93. The first-order chi connectivity index (χ1) is 9.54. The lowest BCUT2D eigenvalue weighted by molar-refractivity contribution is -0.149. The molecule has 0 spiro atoms. The molecule has 0 unspecified atom stereocenters. The molecule has 1 fully saturated rings. The van der Waals surface area contributed by atoms with Gasteiger partial charge in [-0.3, -0.25) is 0 Å². The van der Waals surface area contributed by atoms with E-state index < -0.39 is 5.97 Å². The fourth-order valence-corrected chi connectivity index (χ4v) is 1.80. The molecule has 110 valence electrons. The van der Waals surface area contributed by atoms with Gasteiger partial charge in [0.2, 0.25) is 0 Å². The minimum atomic E-state index is -0.426. The van der Waals surface area contributed by atoms with Crippen LogP contribution in [0, 0.1) is 5.82 Å². The molecule has 0 heterocycles. The van der Waals surface area contributed by atoms with Crippen molar-refractivity contribution in [2.75, 3.05) is 6.61 Å². The Kier molecular flexibility index (Phi) is 4.95. The quantitative estimate of drug-likeness (QED) is 0.780. The lowest BCUT2D eigenvalue weighted by Gasteiger charge is -2.13. The van der Waals surface area contributed by atoms with Crippen LogP contribution in [0.5, 0.6) is 5.75 Å². The van der Waals surface area contributed by atoms with Crippen molar-refractivity contribution in [1.82, 2.24) is 5.32 Å². The van der Waals surface area contributed by atoms with Crippen LogP contribution in [0.3, 0.4) is 0 Å². The highest BCUT2D eigenvalue weighted by atomic mass is 19.1. The van der Waals surface area contributed by atoms with E-state index in [9.17, 15) is 9.18 Å². The molecule has 1 aliphatic carbocycles. The summed E-state index contributed by atoms with van der Waals surface area (Å²) >= 11 is 0. The van der Waals surface area contributed by atoms with E-state index in [1.807, 2.05) is 0 Å². The highest BCUT2D eigenvalue weighted by molar-refractivity contribution is 5.71. The molecule has 20 heavy (non-hydrogen) atoms. The molecular formula is C15H20FNO3. The molecule has 4 nitrogen and oxygen atoms in total. The Morgan fingerprint density at radius 2 is 2.20 bits per heavy atom. The Morgan fingerprint density at radius 1 is 1.45 bits per heavy atom. The van der Waals surface area contributed by atoms with Crippen molar-refractivity contribution >= 4 is 5.97 Å². The van der Waals surface area contributed by atoms with Crippen LogP contribution in [-0.4, -0.2) is 24.7 Å². The Hall–Kier alpha value is -1.62. The number of hydrogen-bond donors (Lipinski definition) is 1. The van der Waals surface area contributed by atoms with Gasteiger partial charge in [0, 0.05) is 18.2 Å². The normalized spacial score (nSPS) is 14.4. The van der Waals surface area contributed by atoms with Crippen molar-refractivity contribution in [3.63, 3.8) is 0 Å². The van der Waals surface area contributed by atoms with Gasteiger partial charge >= 0.3 is 5.97 Å². The highest BCUT2D eigenvalue weighted by Crippen LogP contribution is 2.23. The number of hydrogen-bond acceptors (Lipinski definition) is 4. The zero-order valence-corrected chi connectivity index (χ0v) is 11.8. The summed E-state index contributed by atoms with van der Waals surface area (Å²) in [4.78, 5) is 11.4. The summed E-state index contributed by atoms with van der Waals surface area (Å²) in [5.41, 5.74) is 0.717. The Labute approximate surface area is 118 Å². The molecule has 0 amide bonds. The molecule has 0 aromatic heterocycles. The first-order valence-corrected chi connectivity index (χ1v) is 6.88. The maximum atomic E-state index is 13.3. The largest absolute Gasteiger partial charge is 0.482 e. The van der Waals surface area contributed by atoms with Crippen LogP contribution in [0.1, 0.15) is 32.3 Å². The Bertz CT molecular complexity index is 472. The maximum Gasteiger partial charge on any atom is 0.344 e. The van der Waals surface area contributed by atoms with Gasteiger partial charge in [-0.15, -0.1) is 0 Å². The minimum absolute atomic E-state index is 0.166. The van der Waals surface area contributed by atoms with Crippen LogP contribution in [0.15, 0.2) is 18.2 Å². The van der Waals surface area contributed by atoms with Gasteiger partial charge in [-0.05, 0) is 44.9 Å². The van der Waals surface area contributed by atoms with E-state index in [0.29, 0.717) is 23.9 Å². The lowest BCUT2D eigenvalue weighted by Crippen LogP contribution is -2.20. The Balaban J connectivity index is 1.92. The van der Waals surface area contributed by atoms with Crippen molar-refractivity contribution in [2.24, 2.45) is 0 Å². The van der Waals surface area contributed by atoms with Crippen LogP contribution >= 0.6 is 0 Å². The van der Waals surface area contributed by atoms with E-state index >= 15 is 0 Å². The molecule has 5 heteroatoms. The number of carbonyl (C=O) groups is 1. The van der Waals surface area contributed by atoms with Crippen molar-refractivity contribution < 1.29 is 18.7 Å². The van der Waals surface area contributed by atoms with Crippen molar-refractivity contribution in [3.05, 3.63) is 29.6 Å². The van der Waals surface area contributed by atoms with Crippen molar-refractivity contribution in [2.45, 2.75) is 45.4 Å². The monoisotopic (exact) mass is 281 g/mol. The average molecular weight is 281 g/mol. The number of halogens is 1. The zero-order chi connectivity index (χ0) is 14.5. The molecule has 2 rings (SSSR count). The van der Waals surface area contributed by atoms with E-state index in [4.69, 9.17) is 9.47 Å². The van der Waals surface area contributed by atoms with E-state index in [0.717, 1.165) is 12.8 Å². The van der Waals surface area contributed by atoms with Crippen LogP contribution in [0.25, 0.3) is 0 Å². The summed E-state index contributed by atoms with van der Waals surface area (Å²) in [7, 11) is 0. The molecule has 0 saturated heterocycles. The Morgan fingerprint density at radius 3 is 2.85 bits per heavy atom. The second kappa shape index (κ2) is 6.70. The van der Waals surface area contributed by atoms with E-state index in [1.165, 1.54) is 12.1 Å². The third-order valence-corrected chi connectivity index (χ3v) is 2.89. The summed E-state index contributed by atoms with van der Waals surface area (Å²) in [5, 5.41) is 3.30. The topological polar surface area (TPSA) is 47.6 Å². The third kappa shape index (κ3) is 4.81. The zero-order valence-electron chi connectivity index (χ0n) is 11.8. The number of esters is 1. The number of rotatable bonds is 7. The standard InChI is InChI=1S/C15H20FNO3/c1-10(2)20-15(18)9-19-14-6-3-12(16)7-11(14)8-17-13-4-5-13/h3,6-7,10,13,17H,4-5,8-9H2,1-2H3. The van der Waals surface area contributed by atoms with E-state index in [-0.39, 0.29) is 18.5 Å². The molecular weight excluding hydrogens is 261 g/mol. The summed E-state index contributed by atoms with van der Waals surface area (Å²) in [6, 6.07) is 4.82. The fourth-order valence-electron chi connectivity index (χ4n) is 1.80. The molecule has 1 saturated carbocycles. The summed E-state index contributed by atoms with van der Waals surface area (Å²) in [6.07, 6.45) is 2.15. The number of ether oxygens (including phenoxy) is 2. The maximum absolute atomic E-state index is 13.3. The molecule has 0 radical (unpaired) electrons. The number of carbonyl (C=O) groups excluding carboxylic acids is 1. The van der Waals surface area contributed by atoms with E-state index in [2.05, 4.69) is 5.32 Å². The molecule has 0 atom stereocenters. The fraction of sp³-hybridized carbons (Fsp3) is 0.533. The van der Waals surface area contributed by atoms with Gasteiger partial charge in [-0.25, -0.2) is 9.18 Å². The van der Waals surface area contributed by atoms with Gasteiger partial charge in [-0.2, -0.15) is 0 Å². The average Bonchev–Trinajstić information content (AvgIpc) is 3.18. The molecule has 1 N–H and O–H groups in total. The van der Waals surface area contributed by atoms with Crippen molar-refractivity contribution in [3.8, 4) is 5.75 Å². The van der Waals surface area contributed by atoms with Crippen LogP contribution in [0.4, 0.5) is 4.39 Å². The lowest BCUT2D eigenvalue weighted by atomic mass is 10.2.